The third kappa shape index (κ3) is 3.95. The summed E-state index contributed by atoms with van der Waals surface area (Å²) in [6.45, 7) is 8.92. The number of anilines is 1. The van der Waals surface area contributed by atoms with Crippen LogP contribution in [0.4, 0.5) is 15.3 Å². The Morgan fingerprint density at radius 1 is 1.41 bits per heavy atom. The van der Waals surface area contributed by atoms with E-state index in [4.69, 9.17) is 9.47 Å². The molecule has 2 aliphatic heterocycles. The van der Waals surface area contributed by atoms with Crippen LogP contribution in [0, 0.1) is 18.3 Å². The summed E-state index contributed by atoms with van der Waals surface area (Å²) in [5, 5.41) is 12.2. The Morgan fingerprint density at radius 2 is 2.14 bits per heavy atom. The van der Waals surface area contributed by atoms with Gasteiger partial charge in [0.1, 0.15) is 11.4 Å². The molecule has 29 heavy (non-hydrogen) atoms. The van der Waals surface area contributed by atoms with Crippen LogP contribution < -0.4 is 15.0 Å². The lowest BCUT2D eigenvalue weighted by molar-refractivity contribution is 0.0175. The third-order valence-electron chi connectivity index (χ3n) is 5.17. The van der Waals surface area contributed by atoms with Crippen molar-refractivity contribution >= 4 is 17.8 Å². The Hall–Kier alpha value is -2.95. The van der Waals surface area contributed by atoms with Gasteiger partial charge in [-0.05, 0) is 56.9 Å². The van der Waals surface area contributed by atoms with Crippen LogP contribution in [0.1, 0.15) is 56.3 Å². The SMILES string of the molecule is COc1c(N2CCCNC2=O)cc2c(c1C)C(CC#N)N(C(=O)OC(C)(C)C)C2. The van der Waals surface area contributed by atoms with E-state index in [9.17, 15) is 14.9 Å². The third-order valence-corrected chi connectivity index (χ3v) is 5.17. The van der Waals surface area contributed by atoms with E-state index in [1.807, 2.05) is 33.8 Å². The van der Waals surface area contributed by atoms with Crippen LogP contribution in [0.5, 0.6) is 5.75 Å². The van der Waals surface area contributed by atoms with Crippen LogP contribution in [-0.2, 0) is 11.3 Å². The van der Waals surface area contributed by atoms with Crippen molar-refractivity contribution < 1.29 is 19.1 Å². The first-order valence-corrected chi connectivity index (χ1v) is 9.80. The fraction of sp³-hybridized carbons (Fsp3) is 0.571. The number of benzene rings is 1. The number of fused-ring (bicyclic) bond motifs is 1. The zero-order valence-corrected chi connectivity index (χ0v) is 17.7. The van der Waals surface area contributed by atoms with Crippen LogP contribution in [-0.4, -0.2) is 42.8 Å². The van der Waals surface area contributed by atoms with Crippen molar-refractivity contribution in [2.45, 2.75) is 58.7 Å². The standard InChI is InChI=1S/C21H28N4O4/c1-13-17-14(11-16(18(13)28-5)24-10-6-9-23-19(24)26)12-25(15(17)7-8-22)20(27)29-21(2,3)4/h11,15H,6-7,9-10,12H2,1-5H3,(H,23,26). The number of nitrogens with zero attached hydrogens (tertiary/aromatic N) is 3. The molecular weight excluding hydrogens is 372 g/mol. The first-order chi connectivity index (χ1) is 13.7. The largest absolute Gasteiger partial charge is 0.494 e. The second-order valence-electron chi connectivity index (χ2n) is 8.35. The average molecular weight is 400 g/mol. The molecule has 0 bridgehead atoms. The van der Waals surface area contributed by atoms with Gasteiger partial charge >= 0.3 is 12.1 Å². The van der Waals surface area contributed by atoms with Crippen LogP contribution in [0.15, 0.2) is 6.07 Å². The van der Waals surface area contributed by atoms with Gasteiger partial charge in [0.25, 0.3) is 0 Å². The van der Waals surface area contributed by atoms with E-state index in [-0.39, 0.29) is 12.5 Å². The maximum absolute atomic E-state index is 12.8. The molecule has 0 aliphatic carbocycles. The van der Waals surface area contributed by atoms with Crippen LogP contribution >= 0.6 is 0 Å². The lowest BCUT2D eigenvalue weighted by Crippen LogP contribution is -2.46. The summed E-state index contributed by atoms with van der Waals surface area (Å²) in [5.74, 6) is 0.592. The first kappa shape index (κ1) is 20.8. The van der Waals surface area contributed by atoms with E-state index in [2.05, 4.69) is 11.4 Å². The highest BCUT2D eigenvalue weighted by atomic mass is 16.6. The number of nitriles is 1. The van der Waals surface area contributed by atoms with Gasteiger partial charge < -0.3 is 14.8 Å². The molecule has 2 heterocycles. The summed E-state index contributed by atoms with van der Waals surface area (Å²) in [5.41, 5.74) is 2.69. The molecule has 3 amide bonds. The van der Waals surface area contributed by atoms with Crippen LogP contribution in [0.25, 0.3) is 0 Å². The van der Waals surface area contributed by atoms with Crippen molar-refractivity contribution in [2.24, 2.45) is 0 Å². The fourth-order valence-corrected chi connectivity index (χ4v) is 4.04. The quantitative estimate of drug-likeness (QED) is 0.836. The molecule has 1 aromatic rings. The monoisotopic (exact) mass is 400 g/mol. The van der Waals surface area contributed by atoms with Gasteiger partial charge in [0.15, 0.2) is 0 Å². The molecule has 3 rings (SSSR count). The van der Waals surface area contributed by atoms with Crippen molar-refractivity contribution in [2.75, 3.05) is 25.1 Å². The molecule has 1 N–H and O–H groups in total. The Morgan fingerprint density at radius 3 is 2.72 bits per heavy atom. The average Bonchev–Trinajstić information content (AvgIpc) is 3.00. The first-order valence-electron chi connectivity index (χ1n) is 9.80. The lowest BCUT2D eigenvalue weighted by atomic mass is 9.95. The van der Waals surface area contributed by atoms with Gasteiger partial charge in [-0.3, -0.25) is 9.80 Å². The number of urea groups is 1. The molecule has 1 aromatic carbocycles. The predicted molar refractivity (Wildman–Crippen MR) is 108 cm³/mol. The summed E-state index contributed by atoms with van der Waals surface area (Å²) in [7, 11) is 1.57. The number of rotatable bonds is 3. The zero-order chi connectivity index (χ0) is 21.3. The number of methoxy groups -OCH3 is 1. The number of carbonyl (C=O) groups excluding carboxylic acids is 2. The molecule has 0 saturated carbocycles. The predicted octanol–water partition coefficient (Wildman–Crippen LogP) is 3.63. The minimum Gasteiger partial charge on any atom is -0.494 e. The van der Waals surface area contributed by atoms with E-state index < -0.39 is 17.7 Å². The number of carbonyl (C=O) groups is 2. The van der Waals surface area contributed by atoms with Crippen molar-refractivity contribution in [3.63, 3.8) is 0 Å². The molecule has 0 radical (unpaired) electrons. The number of ether oxygens (including phenoxy) is 2. The normalized spacial score (nSPS) is 18.8. The van der Waals surface area contributed by atoms with Gasteiger partial charge in [0.2, 0.25) is 0 Å². The van der Waals surface area contributed by atoms with Crippen molar-refractivity contribution in [1.82, 2.24) is 10.2 Å². The Labute approximate surface area is 171 Å². The zero-order valence-electron chi connectivity index (χ0n) is 17.7. The summed E-state index contributed by atoms with van der Waals surface area (Å²) in [4.78, 5) is 28.5. The number of amides is 3. The summed E-state index contributed by atoms with van der Waals surface area (Å²) >= 11 is 0. The minimum absolute atomic E-state index is 0.153. The molecule has 8 nitrogen and oxygen atoms in total. The molecule has 0 spiro atoms. The highest BCUT2D eigenvalue weighted by Crippen LogP contribution is 2.46. The van der Waals surface area contributed by atoms with Crippen LogP contribution in [0.3, 0.4) is 0 Å². The molecular formula is C21H28N4O4. The molecule has 1 atom stereocenters. The summed E-state index contributed by atoms with van der Waals surface area (Å²) in [6, 6.07) is 3.51. The van der Waals surface area contributed by atoms with E-state index in [1.54, 1.807) is 16.9 Å². The van der Waals surface area contributed by atoms with Gasteiger partial charge in [-0.2, -0.15) is 5.26 Å². The highest BCUT2D eigenvalue weighted by Gasteiger charge is 2.39. The number of nitrogens with one attached hydrogen (secondary N) is 1. The second kappa shape index (κ2) is 7.82. The fourth-order valence-electron chi connectivity index (χ4n) is 4.04. The highest BCUT2D eigenvalue weighted by molar-refractivity contribution is 5.95. The van der Waals surface area contributed by atoms with Crippen LogP contribution in [0.2, 0.25) is 0 Å². The number of hydrogen-bond acceptors (Lipinski definition) is 5. The van der Waals surface area contributed by atoms with E-state index in [1.165, 1.54) is 0 Å². The van der Waals surface area contributed by atoms with Crippen molar-refractivity contribution in [1.29, 1.82) is 5.26 Å². The van der Waals surface area contributed by atoms with Gasteiger partial charge in [-0.1, -0.05) is 0 Å². The topological polar surface area (TPSA) is 94.9 Å². The Kier molecular flexibility index (Phi) is 5.60. The lowest BCUT2D eigenvalue weighted by Gasteiger charge is -2.30. The second-order valence-corrected chi connectivity index (χ2v) is 8.35. The van der Waals surface area contributed by atoms with E-state index in [0.29, 0.717) is 31.1 Å². The Bertz CT molecular complexity index is 869. The van der Waals surface area contributed by atoms with Crippen molar-refractivity contribution in [3.05, 3.63) is 22.8 Å². The molecule has 1 saturated heterocycles. The Balaban J connectivity index is 2.06. The van der Waals surface area contributed by atoms with E-state index in [0.717, 1.165) is 23.1 Å². The van der Waals surface area contributed by atoms with Gasteiger partial charge in [0, 0.05) is 13.1 Å². The van der Waals surface area contributed by atoms with Gasteiger partial charge in [-0.15, -0.1) is 0 Å². The van der Waals surface area contributed by atoms with E-state index >= 15 is 0 Å². The molecule has 156 valence electrons. The summed E-state index contributed by atoms with van der Waals surface area (Å²) in [6.07, 6.45) is 0.538. The smallest absolute Gasteiger partial charge is 0.411 e. The summed E-state index contributed by atoms with van der Waals surface area (Å²) < 4.78 is 11.2. The molecule has 1 unspecified atom stereocenters. The van der Waals surface area contributed by atoms with Gasteiger partial charge in [0.05, 0.1) is 37.9 Å². The van der Waals surface area contributed by atoms with Gasteiger partial charge in [-0.25, -0.2) is 9.59 Å². The maximum Gasteiger partial charge on any atom is 0.411 e. The minimum atomic E-state index is -0.632. The maximum atomic E-state index is 12.8. The van der Waals surface area contributed by atoms with Crippen molar-refractivity contribution in [3.8, 4) is 11.8 Å². The molecule has 8 heteroatoms. The number of hydrogen-bond donors (Lipinski definition) is 1. The molecule has 1 fully saturated rings. The molecule has 0 aromatic heterocycles. The molecule has 2 aliphatic rings.